The Hall–Kier alpha value is -1.10. The van der Waals surface area contributed by atoms with Crippen molar-refractivity contribution in [3.63, 3.8) is 0 Å². The quantitative estimate of drug-likeness (QED) is 0.641. The number of amidine groups is 1. The topological polar surface area (TPSA) is 43.2 Å². The van der Waals surface area contributed by atoms with Crippen LogP contribution in [-0.2, 0) is 9.47 Å². The second-order valence-corrected chi connectivity index (χ2v) is 4.73. The van der Waals surface area contributed by atoms with Gasteiger partial charge in [-0.1, -0.05) is 22.5 Å². The summed E-state index contributed by atoms with van der Waals surface area (Å²) in [6.45, 7) is 6.77. The van der Waals surface area contributed by atoms with Gasteiger partial charge in [-0.05, 0) is 6.92 Å². The third kappa shape index (κ3) is 2.52. The van der Waals surface area contributed by atoms with Crippen LogP contribution in [0.1, 0.15) is 13.3 Å². The number of nitrogens with zero attached hydrogens (tertiary/aromatic N) is 2. The summed E-state index contributed by atoms with van der Waals surface area (Å²) < 4.78 is 10.9. The molecule has 0 N–H and O–H groups in total. The zero-order chi connectivity index (χ0) is 11.5. The number of ether oxygens (including phenoxy) is 2. The first-order valence-corrected chi connectivity index (χ1v) is 6.00. The first kappa shape index (κ1) is 11.4. The van der Waals surface area contributed by atoms with Crippen LogP contribution >= 0.6 is 15.9 Å². The van der Waals surface area contributed by atoms with E-state index < -0.39 is 0 Å². The molecule has 2 aliphatic rings. The van der Waals surface area contributed by atoms with Crippen LogP contribution in [0.25, 0.3) is 0 Å². The van der Waals surface area contributed by atoms with Crippen LogP contribution in [0.2, 0.25) is 0 Å². The van der Waals surface area contributed by atoms with Crippen LogP contribution in [0.15, 0.2) is 33.8 Å². The van der Waals surface area contributed by atoms with Crippen molar-refractivity contribution in [2.75, 3.05) is 13.2 Å². The van der Waals surface area contributed by atoms with Gasteiger partial charge in [-0.3, -0.25) is 0 Å². The van der Waals surface area contributed by atoms with Crippen LogP contribution in [0.5, 0.6) is 0 Å². The lowest BCUT2D eigenvalue weighted by atomic mass is 10.2. The molecule has 4 nitrogen and oxygen atoms in total. The summed E-state index contributed by atoms with van der Waals surface area (Å²) in [5, 5.41) is 0. The van der Waals surface area contributed by atoms with E-state index in [0.29, 0.717) is 30.6 Å². The van der Waals surface area contributed by atoms with Gasteiger partial charge in [-0.25, -0.2) is 9.98 Å². The Labute approximate surface area is 103 Å². The Morgan fingerprint density at radius 3 is 2.94 bits per heavy atom. The molecular weight excluding hydrogens is 272 g/mol. The van der Waals surface area contributed by atoms with Crippen molar-refractivity contribution >= 4 is 28.0 Å². The molecule has 0 aromatic heterocycles. The van der Waals surface area contributed by atoms with Gasteiger partial charge in [0.1, 0.15) is 19.0 Å². The molecule has 0 aromatic carbocycles. The lowest BCUT2D eigenvalue weighted by molar-refractivity contribution is 0.0581. The Kier molecular flexibility index (Phi) is 3.43. The van der Waals surface area contributed by atoms with E-state index in [0.717, 1.165) is 12.1 Å². The standard InChI is InChI=1S/C11H13BrN2O2/c1-7-11(16-4-3-15-7)10-5-9(12)6-13-8(2)14-10/h6,9H,1,3-5H2,2H3/b11-10-/t9-/m0/s1. The molecule has 1 atom stereocenters. The molecule has 0 amide bonds. The molecule has 86 valence electrons. The zero-order valence-corrected chi connectivity index (χ0v) is 10.7. The van der Waals surface area contributed by atoms with Gasteiger partial charge in [0.15, 0.2) is 11.5 Å². The van der Waals surface area contributed by atoms with E-state index in [9.17, 15) is 0 Å². The number of hydrogen-bond acceptors (Lipinski definition) is 4. The van der Waals surface area contributed by atoms with Crippen LogP contribution in [-0.4, -0.2) is 30.1 Å². The number of alkyl halides is 1. The summed E-state index contributed by atoms with van der Waals surface area (Å²) in [6.07, 6.45) is 2.55. The fraction of sp³-hybridized carbons (Fsp3) is 0.455. The smallest absolute Gasteiger partial charge is 0.182 e. The highest BCUT2D eigenvalue weighted by atomic mass is 79.9. The van der Waals surface area contributed by atoms with Crippen molar-refractivity contribution in [1.82, 2.24) is 0 Å². The second-order valence-electron chi connectivity index (χ2n) is 3.55. The molecule has 5 heteroatoms. The Morgan fingerprint density at radius 2 is 2.19 bits per heavy atom. The number of aliphatic imine (C=N–C) groups is 2. The molecule has 0 aromatic rings. The second kappa shape index (κ2) is 4.82. The van der Waals surface area contributed by atoms with Crippen LogP contribution < -0.4 is 0 Å². The minimum Gasteiger partial charge on any atom is -0.487 e. The van der Waals surface area contributed by atoms with Gasteiger partial charge in [0.2, 0.25) is 0 Å². The average Bonchev–Trinajstić information content (AvgIpc) is 2.41. The Morgan fingerprint density at radius 1 is 1.44 bits per heavy atom. The highest BCUT2D eigenvalue weighted by Gasteiger charge is 2.20. The lowest BCUT2D eigenvalue weighted by Gasteiger charge is -2.21. The number of rotatable bonds is 0. The van der Waals surface area contributed by atoms with E-state index in [-0.39, 0.29) is 4.83 Å². The van der Waals surface area contributed by atoms with Crippen molar-refractivity contribution in [2.24, 2.45) is 9.98 Å². The summed E-state index contributed by atoms with van der Waals surface area (Å²) in [7, 11) is 0. The highest BCUT2D eigenvalue weighted by molar-refractivity contribution is 9.10. The molecule has 16 heavy (non-hydrogen) atoms. The van der Waals surface area contributed by atoms with E-state index in [2.05, 4.69) is 32.5 Å². The van der Waals surface area contributed by atoms with Crippen LogP contribution in [0.4, 0.5) is 0 Å². The molecule has 0 bridgehead atoms. The van der Waals surface area contributed by atoms with Crippen LogP contribution in [0.3, 0.4) is 0 Å². The van der Waals surface area contributed by atoms with Crippen molar-refractivity contribution in [1.29, 1.82) is 0 Å². The largest absolute Gasteiger partial charge is 0.487 e. The first-order valence-electron chi connectivity index (χ1n) is 5.08. The minimum absolute atomic E-state index is 0.162. The van der Waals surface area contributed by atoms with Crippen molar-refractivity contribution in [3.8, 4) is 0 Å². The molecule has 0 unspecified atom stereocenters. The maximum absolute atomic E-state index is 5.55. The summed E-state index contributed by atoms with van der Waals surface area (Å²) in [4.78, 5) is 8.76. The Bertz CT molecular complexity index is 399. The maximum Gasteiger partial charge on any atom is 0.182 e. The van der Waals surface area contributed by atoms with Crippen LogP contribution in [0, 0.1) is 0 Å². The van der Waals surface area contributed by atoms with E-state index in [4.69, 9.17) is 9.47 Å². The minimum atomic E-state index is 0.162. The summed E-state index contributed by atoms with van der Waals surface area (Å²) in [6, 6.07) is 0. The summed E-state index contributed by atoms with van der Waals surface area (Å²) >= 11 is 3.51. The Balaban J connectivity index is 2.34. The SMILES string of the molecule is C=C1OCCO/C1=C1/C[C@H](Br)C=NC(C)=N1. The monoisotopic (exact) mass is 284 g/mol. The molecule has 2 heterocycles. The third-order valence-electron chi connectivity index (χ3n) is 2.23. The molecule has 2 rings (SSSR count). The van der Waals surface area contributed by atoms with Crippen molar-refractivity contribution in [2.45, 2.75) is 18.2 Å². The number of allylic oxidation sites excluding steroid dienone is 1. The highest BCUT2D eigenvalue weighted by Crippen LogP contribution is 2.26. The van der Waals surface area contributed by atoms with Gasteiger partial charge >= 0.3 is 0 Å². The van der Waals surface area contributed by atoms with E-state index >= 15 is 0 Å². The van der Waals surface area contributed by atoms with Gasteiger partial charge in [-0.2, -0.15) is 0 Å². The summed E-state index contributed by atoms with van der Waals surface area (Å²) in [5.41, 5.74) is 0.835. The van der Waals surface area contributed by atoms with Gasteiger partial charge in [0.05, 0.1) is 10.5 Å². The van der Waals surface area contributed by atoms with Gasteiger partial charge in [0.25, 0.3) is 0 Å². The van der Waals surface area contributed by atoms with Crippen molar-refractivity contribution < 1.29 is 9.47 Å². The molecule has 2 aliphatic heterocycles. The van der Waals surface area contributed by atoms with E-state index in [1.165, 1.54) is 0 Å². The van der Waals surface area contributed by atoms with Crippen molar-refractivity contribution in [3.05, 3.63) is 23.8 Å². The van der Waals surface area contributed by atoms with Gasteiger partial charge < -0.3 is 9.47 Å². The fourth-order valence-corrected chi connectivity index (χ4v) is 1.96. The van der Waals surface area contributed by atoms with Gasteiger partial charge in [0, 0.05) is 12.6 Å². The molecule has 0 spiro atoms. The molecule has 1 fully saturated rings. The zero-order valence-electron chi connectivity index (χ0n) is 9.07. The fourth-order valence-electron chi connectivity index (χ4n) is 1.54. The molecule has 0 aliphatic carbocycles. The molecule has 0 saturated carbocycles. The van der Waals surface area contributed by atoms with E-state index in [1.807, 2.05) is 13.1 Å². The molecule has 0 radical (unpaired) electrons. The van der Waals surface area contributed by atoms with E-state index in [1.54, 1.807) is 0 Å². The molecular formula is C11H13BrN2O2. The third-order valence-corrected chi connectivity index (χ3v) is 2.79. The van der Waals surface area contributed by atoms with Gasteiger partial charge in [-0.15, -0.1) is 0 Å². The molecule has 1 saturated heterocycles. The number of halogens is 1. The average molecular weight is 285 g/mol. The first-order chi connectivity index (χ1) is 7.66. The normalized spacial score (nSPS) is 30.2. The summed E-state index contributed by atoms with van der Waals surface area (Å²) in [5.74, 6) is 1.92. The predicted molar refractivity (Wildman–Crippen MR) is 67.0 cm³/mol. The predicted octanol–water partition coefficient (Wildman–Crippen LogP) is 2.41. The lowest BCUT2D eigenvalue weighted by Crippen LogP contribution is -2.15. The number of hydrogen-bond donors (Lipinski definition) is 0. The maximum atomic E-state index is 5.55.